The van der Waals surface area contributed by atoms with Crippen LogP contribution in [0.15, 0.2) is 82.0 Å². The molecule has 0 fully saturated rings. The average molecular weight is 522 g/mol. The van der Waals surface area contributed by atoms with E-state index in [1.807, 2.05) is 67.8 Å². The lowest BCUT2D eigenvalue weighted by Crippen LogP contribution is -2.27. The minimum Gasteiger partial charge on any atom is -0.380 e. The first-order valence-electron chi connectivity index (χ1n) is 9.65. The number of fused-ring (bicyclic) bond motifs is 3. The molecule has 0 saturated heterocycles. The molecule has 5 rings (SSSR count). The molecule has 1 aliphatic carbocycles. The normalized spacial score (nSPS) is 13.7. The standard InChI is InChI=1S/C25H18Br2N2O/c1-15-2-8-23(28-13-15)24-9-3-16(14-29-24)12-25(30)21-10-17(26)4-6-19(21)20-7-5-18(27)11-22(20)25/h2-11,13-14,30H,12H2,1H3. The van der Waals surface area contributed by atoms with E-state index in [4.69, 9.17) is 0 Å². The van der Waals surface area contributed by atoms with E-state index in [0.717, 1.165) is 53.7 Å². The van der Waals surface area contributed by atoms with Gasteiger partial charge in [-0.15, -0.1) is 0 Å². The predicted octanol–water partition coefficient (Wildman–Crippen LogP) is 6.44. The molecule has 0 aliphatic heterocycles. The van der Waals surface area contributed by atoms with Crippen LogP contribution in [0.5, 0.6) is 0 Å². The topological polar surface area (TPSA) is 46.0 Å². The van der Waals surface area contributed by atoms with Crippen LogP contribution in [0.2, 0.25) is 0 Å². The number of hydrogen-bond acceptors (Lipinski definition) is 3. The van der Waals surface area contributed by atoms with Gasteiger partial charge in [0.15, 0.2) is 0 Å². The Morgan fingerprint density at radius 2 is 1.33 bits per heavy atom. The summed E-state index contributed by atoms with van der Waals surface area (Å²) in [4.78, 5) is 9.06. The Labute approximate surface area is 192 Å². The fourth-order valence-corrected chi connectivity index (χ4v) is 4.84. The molecule has 0 radical (unpaired) electrons. The van der Waals surface area contributed by atoms with Gasteiger partial charge in [-0.3, -0.25) is 9.97 Å². The van der Waals surface area contributed by atoms with Gasteiger partial charge in [-0.1, -0.05) is 56.1 Å². The SMILES string of the molecule is Cc1ccc(-c2ccc(CC3(O)c4cc(Br)ccc4-c4ccc(Br)cc43)cn2)nc1. The number of halogens is 2. The van der Waals surface area contributed by atoms with Crippen molar-refractivity contribution in [1.82, 2.24) is 9.97 Å². The second kappa shape index (κ2) is 7.41. The molecule has 148 valence electrons. The third-order valence-electron chi connectivity index (χ3n) is 5.60. The van der Waals surface area contributed by atoms with Crippen molar-refractivity contribution in [1.29, 1.82) is 0 Å². The zero-order chi connectivity index (χ0) is 20.9. The van der Waals surface area contributed by atoms with Gasteiger partial charge < -0.3 is 5.11 Å². The van der Waals surface area contributed by atoms with E-state index < -0.39 is 5.60 Å². The molecule has 4 aromatic rings. The van der Waals surface area contributed by atoms with Gasteiger partial charge in [0.25, 0.3) is 0 Å². The Morgan fingerprint density at radius 3 is 1.83 bits per heavy atom. The summed E-state index contributed by atoms with van der Waals surface area (Å²) in [5.74, 6) is 0. The van der Waals surface area contributed by atoms with Gasteiger partial charge in [0.05, 0.1) is 11.4 Å². The maximum atomic E-state index is 11.9. The molecule has 0 spiro atoms. The molecule has 30 heavy (non-hydrogen) atoms. The number of rotatable bonds is 3. The van der Waals surface area contributed by atoms with Crippen LogP contribution in [0.3, 0.4) is 0 Å². The number of nitrogens with zero attached hydrogens (tertiary/aromatic N) is 2. The van der Waals surface area contributed by atoms with E-state index in [1.165, 1.54) is 0 Å². The Bertz CT molecular complexity index is 1200. The summed E-state index contributed by atoms with van der Waals surface area (Å²) in [6.07, 6.45) is 4.12. The molecule has 0 saturated carbocycles. The molecule has 2 aromatic carbocycles. The molecule has 1 N–H and O–H groups in total. The molecular weight excluding hydrogens is 504 g/mol. The van der Waals surface area contributed by atoms with Crippen molar-refractivity contribution >= 4 is 31.9 Å². The number of aliphatic hydroxyl groups is 1. The third-order valence-corrected chi connectivity index (χ3v) is 6.59. The quantitative estimate of drug-likeness (QED) is 0.337. The monoisotopic (exact) mass is 520 g/mol. The Hall–Kier alpha value is -2.34. The van der Waals surface area contributed by atoms with Crippen LogP contribution in [0.25, 0.3) is 22.5 Å². The lowest BCUT2D eigenvalue weighted by Gasteiger charge is -2.26. The first-order valence-corrected chi connectivity index (χ1v) is 11.2. The summed E-state index contributed by atoms with van der Waals surface area (Å²) in [5.41, 5.74) is 6.58. The smallest absolute Gasteiger partial charge is 0.120 e. The zero-order valence-electron chi connectivity index (χ0n) is 16.2. The summed E-state index contributed by atoms with van der Waals surface area (Å²) in [6.45, 7) is 2.02. The lowest BCUT2D eigenvalue weighted by molar-refractivity contribution is 0.0858. The van der Waals surface area contributed by atoms with Crippen molar-refractivity contribution in [3.05, 3.63) is 104 Å². The van der Waals surface area contributed by atoms with Crippen molar-refractivity contribution in [3.63, 3.8) is 0 Å². The van der Waals surface area contributed by atoms with E-state index in [2.05, 4.69) is 54.0 Å². The summed E-state index contributed by atoms with van der Waals surface area (Å²) in [5, 5.41) is 11.9. The zero-order valence-corrected chi connectivity index (χ0v) is 19.4. The van der Waals surface area contributed by atoms with E-state index in [1.54, 1.807) is 0 Å². The van der Waals surface area contributed by atoms with E-state index in [0.29, 0.717) is 6.42 Å². The first-order chi connectivity index (χ1) is 14.4. The van der Waals surface area contributed by atoms with Gasteiger partial charge in [0.1, 0.15) is 5.60 Å². The largest absolute Gasteiger partial charge is 0.380 e. The molecule has 2 heterocycles. The van der Waals surface area contributed by atoms with Crippen LogP contribution in [0, 0.1) is 6.92 Å². The molecule has 0 atom stereocenters. The van der Waals surface area contributed by atoms with Crippen LogP contribution in [-0.2, 0) is 12.0 Å². The van der Waals surface area contributed by atoms with Crippen LogP contribution < -0.4 is 0 Å². The Kier molecular flexibility index (Phi) is 4.85. The van der Waals surface area contributed by atoms with Gasteiger partial charge in [0.2, 0.25) is 0 Å². The van der Waals surface area contributed by atoms with Crippen molar-refractivity contribution in [3.8, 4) is 22.5 Å². The summed E-state index contributed by atoms with van der Waals surface area (Å²) in [7, 11) is 0. The Morgan fingerprint density at radius 1 is 0.767 bits per heavy atom. The molecule has 0 bridgehead atoms. The lowest BCUT2D eigenvalue weighted by atomic mass is 9.85. The molecule has 5 heteroatoms. The number of aromatic nitrogens is 2. The maximum absolute atomic E-state index is 11.9. The maximum Gasteiger partial charge on any atom is 0.120 e. The minimum absolute atomic E-state index is 0.439. The second-order valence-corrected chi connectivity index (χ2v) is 9.52. The number of aryl methyl sites for hydroxylation is 1. The molecule has 1 aliphatic rings. The number of benzene rings is 2. The fourth-order valence-electron chi connectivity index (χ4n) is 4.12. The highest BCUT2D eigenvalue weighted by Crippen LogP contribution is 2.50. The number of hydrogen-bond donors (Lipinski definition) is 1. The van der Waals surface area contributed by atoms with Gasteiger partial charge in [-0.2, -0.15) is 0 Å². The van der Waals surface area contributed by atoms with E-state index >= 15 is 0 Å². The van der Waals surface area contributed by atoms with Crippen molar-refractivity contribution in [2.75, 3.05) is 0 Å². The van der Waals surface area contributed by atoms with Crippen LogP contribution in [0.1, 0.15) is 22.3 Å². The highest BCUT2D eigenvalue weighted by atomic mass is 79.9. The molecule has 3 nitrogen and oxygen atoms in total. The van der Waals surface area contributed by atoms with E-state index in [9.17, 15) is 5.11 Å². The molecule has 2 aromatic heterocycles. The second-order valence-electron chi connectivity index (χ2n) is 7.69. The highest BCUT2D eigenvalue weighted by molar-refractivity contribution is 9.10. The molecular formula is C25H18Br2N2O. The van der Waals surface area contributed by atoms with E-state index in [-0.39, 0.29) is 0 Å². The van der Waals surface area contributed by atoms with Crippen LogP contribution in [-0.4, -0.2) is 15.1 Å². The third kappa shape index (κ3) is 3.31. The van der Waals surface area contributed by atoms with Crippen molar-refractivity contribution < 1.29 is 5.11 Å². The number of pyridine rings is 2. The molecule has 0 amide bonds. The van der Waals surface area contributed by atoms with Gasteiger partial charge >= 0.3 is 0 Å². The summed E-state index contributed by atoms with van der Waals surface area (Å²) >= 11 is 7.12. The summed E-state index contributed by atoms with van der Waals surface area (Å²) < 4.78 is 1.90. The van der Waals surface area contributed by atoms with Gasteiger partial charge in [-0.05, 0) is 76.7 Å². The van der Waals surface area contributed by atoms with Crippen molar-refractivity contribution in [2.45, 2.75) is 18.9 Å². The summed E-state index contributed by atoms with van der Waals surface area (Å²) in [6, 6.07) is 20.2. The fraction of sp³-hybridized carbons (Fsp3) is 0.120. The van der Waals surface area contributed by atoms with Crippen LogP contribution in [0.4, 0.5) is 0 Å². The Balaban J connectivity index is 1.55. The first kappa shape index (κ1) is 19.6. The van der Waals surface area contributed by atoms with Crippen molar-refractivity contribution in [2.24, 2.45) is 0 Å². The average Bonchev–Trinajstić information content (AvgIpc) is 2.97. The highest BCUT2D eigenvalue weighted by Gasteiger charge is 2.42. The van der Waals surface area contributed by atoms with Gasteiger partial charge in [-0.25, -0.2) is 0 Å². The van der Waals surface area contributed by atoms with Crippen LogP contribution >= 0.6 is 31.9 Å². The van der Waals surface area contributed by atoms with Gasteiger partial charge in [0, 0.05) is 27.8 Å². The predicted molar refractivity (Wildman–Crippen MR) is 126 cm³/mol. The minimum atomic E-state index is -1.12. The molecule has 0 unspecified atom stereocenters.